The van der Waals surface area contributed by atoms with Crippen molar-refractivity contribution in [3.63, 3.8) is 0 Å². The van der Waals surface area contributed by atoms with Gasteiger partial charge in [-0.1, -0.05) is 6.92 Å². The predicted octanol–water partition coefficient (Wildman–Crippen LogP) is 0.938. The van der Waals surface area contributed by atoms with Crippen LogP contribution >= 0.6 is 0 Å². The van der Waals surface area contributed by atoms with E-state index in [1.165, 1.54) is 5.69 Å². The summed E-state index contributed by atoms with van der Waals surface area (Å²) in [5.41, 5.74) is 2.32. The van der Waals surface area contributed by atoms with Crippen molar-refractivity contribution in [1.29, 1.82) is 0 Å². The summed E-state index contributed by atoms with van der Waals surface area (Å²) in [7, 11) is 1.15. The van der Waals surface area contributed by atoms with Crippen molar-refractivity contribution in [3.8, 4) is 0 Å². The first-order valence-corrected chi connectivity index (χ1v) is 9.15. The second-order valence-corrected chi connectivity index (χ2v) is 8.03. The summed E-state index contributed by atoms with van der Waals surface area (Å²) in [5.74, 6) is 1.02. The lowest BCUT2D eigenvalue weighted by atomic mass is 9.96. The van der Waals surface area contributed by atoms with Gasteiger partial charge in [-0.15, -0.1) is 0 Å². The highest BCUT2D eigenvalue weighted by atomic mass is 32.2. The Hall–Kier alpha value is -0.880. The minimum atomic E-state index is -2.78. The average Bonchev–Trinajstić information content (AvgIpc) is 2.92. The topological polar surface area (TPSA) is 64.0 Å². The van der Waals surface area contributed by atoms with Gasteiger partial charge in [0.05, 0.1) is 17.2 Å². The number of hydrogen-bond acceptors (Lipinski definition) is 4. The molecule has 0 saturated carbocycles. The molecule has 5 nitrogen and oxygen atoms in total. The number of rotatable bonds is 6. The van der Waals surface area contributed by atoms with E-state index in [9.17, 15) is 8.42 Å². The summed E-state index contributed by atoms with van der Waals surface area (Å²) in [6.07, 6.45) is 3.57. The average molecular weight is 299 g/mol. The van der Waals surface area contributed by atoms with Gasteiger partial charge in [-0.25, -0.2) is 8.42 Å². The van der Waals surface area contributed by atoms with Gasteiger partial charge in [-0.2, -0.15) is 5.10 Å². The Morgan fingerprint density at radius 1 is 1.55 bits per heavy atom. The van der Waals surface area contributed by atoms with Crippen LogP contribution in [0.15, 0.2) is 6.07 Å². The molecule has 0 radical (unpaired) electrons. The van der Waals surface area contributed by atoms with Gasteiger partial charge in [0.2, 0.25) is 0 Å². The van der Waals surface area contributed by atoms with Gasteiger partial charge in [-0.05, 0) is 38.3 Å². The lowest BCUT2D eigenvalue weighted by molar-refractivity contribution is 0.417. The van der Waals surface area contributed by atoms with Crippen molar-refractivity contribution in [2.75, 3.05) is 18.6 Å². The zero-order valence-electron chi connectivity index (χ0n) is 12.6. The highest BCUT2D eigenvalue weighted by Crippen LogP contribution is 2.24. The third kappa shape index (κ3) is 3.82. The Bertz CT molecular complexity index is 551. The molecular weight excluding hydrogens is 274 g/mol. The maximum absolute atomic E-state index is 11.5. The third-order valence-corrected chi connectivity index (χ3v) is 6.03. The standard InChI is InChI=1S/C14H25N3O2S/c1-4-12-8-14(17(3)16-12)9-13(15-2)7-11-5-6-20(18,19)10-11/h8,11,13,15H,4-7,9-10H2,1-3H3. The number of aryl methyl sites for hydroxylation is 2. The van der Waals surface area contributed by atoms with Crippen molar-refractivity contribution in [2.45, 2.75) is 38.6 Å². The molecule has 1 saturated heterocycles. The van der Waals surface area contributed by atoms with Gasteiger partial charge in [0.1, 0.15) is 0 Å². The predicted molar refractivity (Wildman–Crippen MR) is 80.5 cm³/mol. The van der Waals surface area contributed by atoms with Gasteiger partial charge in [0.15, 0.2) is 9.84 Å². The molecule has 20 heavy (non-hydrogen) atoms. The van der Waals surface area contributed by atoms with Crippen LogP contribution in [0, 0.1) is 5.92 Å². The first-order valence-electron chi connectivity index (χ1n) is 7.33. The molecule has 2 unspecified atom stereocenters. The third-order valence-electron chi connectivity index (χ3n) is 4.20. The van der Waals surface area contributed by atoms with Crippen LogP contribution in [0.25, 0.3) is 0 Å². The van der Waals surface area contributed by atoms with E-state index in [4.69, 9.17) is 0 Å². The van der Waals surface area contributed by atoms with Crippen molar-refractivity contribution < 1.29 is 8.42 Å². The van der Waals surface area contributed by atoms with Crippen LogP contribution in [-0.2, 0) is 29.7 Å². The first kappa shape index (κ1) is 15.5. The maximum atomic E-state index is 11.5. The van der Waals surface area contributed by atoms with E-state index in [0.29, 0.717) is 23.5 Å². The second-order valence-electron chi connectivity index (χ2n) is 5.80. The normalized spacial score (nSPS) is 23.1. The minimum Gasteiger partial charge on any atom is -0.317 e. The molecule has 0 aromatic carbocycles. The number of sulfone groups is 1. The molecule has 0 aliphatic carbocycles. The van der Waals surface area contributed by atoms with Crippen LogP contribution in [0.3, 0.4) is 0 Å². The molecule has 1 aromatic heterocycles. The number of nitrogens with zero attached hydrogens (tertiary/aromatic N) is 2. The molecule has 1 N–H and O–H groups in total. The Labute approximate surface area is 121 Å². The molecule has 1 aliphatic heterocycles. The molecule has 0 amide bonds. The summed E-state index contributed by atoms with van der Waals surface area (Å²) in [5, 5.41) is 7.79. The molecule has 1 aliphatic rings. The number of nitrogens with one attached hydrogen (secondary N) is 1. The van der Waals surface area contributed by atoms with Crippen LogP contribution in [0.2, 0.25) is 0 Å². The minimum absolute atomic E-state index is 0.302. The van der Waals surface area contributed by atoms with Crippen molar-refractivity contribution >= 4 is 9.84 Å². The fraction of sp³-hybridized carbons (Fsp3) is 0.786. The van der Waals surface area contributed by atoms with E-state index in [2.05, 4.69) is 23.4 Å². The van der Waals surface area contributed by atoms with Crippen LogP contribution in [0.5, 0.6) is 0 Å². The Balaban J connectivity index is 1.97. The smallest absolute Gasteiger partial charge is 0.150 e. The van der Waals surface area contributed by atoms with Crippen molar-refractivity contribution in [2.24, 2.45) is 13.0 Å². The van der Waals surface area contributed by atoms with Crippen LogP contribution in [-0.4, -0.2) is 42.8 Å². The Morgan fingerprint density at radius 2 is 2.30 bits per heavy atom. The van der Waals surface area contributed by atoms with Gasteiger partial charge < -0.3 is 5.32 Å². The molecule has 2 atom stereocenters. The highest BCUT2D eigenvalue weighted by molar-refractivity contribution is 7.91. The molecule has 114 valence electrons. The molecule has 2 rings (SSSR count). The maximum Gasteiger partial charge on any atom is 0.150 e. The molecular formula is C14H25N3O2S. The summed E-state index contributed by atoms with van der Waals surface area (Å²) in [4.78, 5) is 0. The lowest BCUT2D eigenvalue weighted by Gasteiger charge is -2.19. The number of likely N-dealkylation sites (N-methyl/N-ethyl adjacent to an activating group) is 1. The van der Waals surface area contributed by atoms with Gasteiger partial charge >= 0.3 is 0 Å². The van der Waals surface area contributed by atoms with E-state index in [1.54, 1.807) is 0 Å². The van der Waals surface area contributed by atoms with Crippen LogP contribution in [0.4, 0.5) is 0 Å². The summed E-state index contributed by atoms with van der Waals surface area (Å²) >= 11 is 0. The van der Waals surface area contributed by atoms with Crippen molar-refractivity contribution in [3.05, 3.63) is 17.5 Å². The van der Waals surface area contributed by atoms with Crippen LogP contribution < -0.4 is 5.32 Å². The molecule has 1 aromatic rings. The van der Waals surface area contributed by atoms with E-state index in [-0.39, 0.29) is 0 Å². The lowest BCUT2D eigenvalue weighted by Crippen LogP contribution is -2.31. The second kappa shape index (κ2) is 6.26. The summed E-state index contributed by atoms with van der Waals surface area (Å²) in [6, 6.07) is 2.46. The number of aromatic nitrogens is 2. The Morgan fingerprint density at radius 3 is 2.80 bits per heavy atom. The highest BCUT2D eigenvalue weighted by Gasteiger charge is 2.29. The van der Waals surface area contributed by atoms with Gasteiger partial charge in [-0.3, -0.25) is 4.68 Å². The largest absolute Gasteiger partial charge is 0.317 e. The van der Waals surface area contributed by atoms with E-state index in [1.807, 2.05) is 18.8 Å². The molecule has 2 heterocycles. The van der Waals surface area contributed by atoms with Gasteiger partial charge in [0.25, 0.3) is 0 Å². The molecule has 0 bridgehead atoms. The zero-order valence-corrected chi connectivity index (χ0v) is 13.4. The molecule has 1 fully saturated rings. The zero-order chi connectivity index (χ0) is 14.8. The van der Waals surface area contributed by atoms with E-state index < -0.39 is 9.84 Å². The summed E-state index contributed by atoms with van der Waals surface area (Å²) in [6.45, 7) is 2.10. The number of hydrogen-bond donors (Lipinski definition) is 1. The quantitative estimate of drug-likeness (QED) is 0.849. The SMILES string of the molecule is CCc1cc(CC(CC2CCS(=O)(=O)C2)NC)n(C)n1. The summed E-state index contributed by atoms with van der Waals surface area (Å²) < 4.78 is 25.0. The van der Waals surface area contributed by atoms with E-state index >= 15 is 0 Å². The Kier molecular flexibility index (Phi) is 4.86. The monoisotopic (exact) mass is 299 g/mol. The van der Waals surface area contributed by atoms with E-state index in [0.717, 1.165) is 31.4 Å². The fourth-order valence-corrected chi connectivity index (χ4v) is 4.83. The fourth-order valence-electron chi connectivity index (χ4n) is 2.95. The van der Waals surface area contributed by atoms with Gasteiger partial charge in [0, 0.05) is 25.2 Å². The van der Waals surface area contributed by atoms with Crippen molar-refractivity contribution in [1.82, 2.24) is 15.1 Å². The first-order chi connectivity index (χ1) is 9.43. The molecule has 6 heteroatoms. The molecule has 0 spiro atoms. The van der Waals surface area contributed by atoms with Crippen LogP contribution in [0.1, 0.15) is 31.2 Å².